The summed E-state index contributed by atoms with van der Waals surface area (Å²) in [7, 11) is 9.83. The third-order valence-electron chi connectivity index (χ3n) is 5.30. The van der Waals surface area contributed by atoms with Gasteiger partial charge in [-0.3, -0.25) is 9.59 Å². The molecule has 0 bridgehead atoms. The van der Waals surface area contributed by atoms with Gasteiger partial charge < -0.3 is 35.0 Å². The molecular formula is C29H75N4NaO5+2. The van der Waals surface area contributed by atoms with Crippen LogP contribution in [0.1, 0.15) is 99.4 Å². The molecular weight excluding hydrogens is 507 g/mol. The number of amides is 2. The Morgan fingerprint density at radius 1 is 0.872 bits per heavy atom. The van der Waals surface area contributed by atoms with Gasteiger partial charge in [0.1, 0.15) is 13.1 Å². The van der Waals surface area contributed by atoms with Crippen molar-refractivity contribution in [3.8, 4) is 0 Å². The first-order valence-electron chi connectivity index (χ1n) is 10.5. The molecule has 39 heavy (non-hydrogen) atoms. The topological polar surface area (TPSA) is 133 Å². The number of hydrogen-bond donors (Lipinski definition) is 3. The summed E-state index contributed by atoms with van der Waals surface area (Å²) in [4.78, 5) is 35.9. The molecule has 0 aromatic heterocycles. The van der Waals surface area contributed by atoms with E-state index < -0.39 is 35.2 Å². The van der Waals surface area contributed by atoms with Gasteiger partial charge in [-0.2, -0.15) is 0 Å². The van der Waals surface area contributed by atoms with Gasteiger partial charge in [0.05, 0.1) is 35.2 Å². The van der Waals surface area contributed by atoms with Crippen molar-refractivity contribution < 1.29 is 63.1 Å². The summed E-state index contributed by atoms with van der Waals surface area (Å²) in [6, 6.07) is 0. The molecule has 10 heteroatoms. The Morgan fingerprint density at radius 2 is 1.28 bits per heavy atom. The van der Waals surface area contributed by atoms with E-state index in [2.05, 4.69) is 5.32 Å². The minimum atomic E-state index is -1.28. The molecule has 0 aliphatic rings. The normalized spacial score (nSPS) is 12.2. The fraction of sp³-hybridized carbons (Fsp3) is 0.897. The molecule has 0 aromatic rings. The first-order chi connectivity index (χ1) is 13.4. The molecule has 0 saturated carbocycles. The SMILES string of the molecule is C.C.C.C.C.C.C.C.CCC(CC(CC(C)(C)C(=O)NC[N+](C)(C)CC(O)C[N+](C)(C)C)C(=O)[O-])C(N)=O.[Na+]. The fourth-order valence-electron chi connectivity index (χ4n) is 3.65. The van der Waals surface area contributed by atoms with Crippen LogP contribution in [0.4, 0.5) is 0 Å². The van der Waals surface area contributed by atoms with Gasteiger partial charge in [0.2, 0.25) is 11.8 Å². The van der Waals surface area contributed by atoms with E-state index in [0.29, 0.717) is 35.1 Å². The van der Waals surface area contributed by atoms with Crippen molar-refractivity contribution in [1.29, 1.82) is 0 Å². The Hall–Kier alpha value is -0.710. The van der Waals surface area contributed by atoms with Crippen LogP contribution in [0, 0.1) is 17.3 Å². The number of carboxylic acids is 1. The van der Waals surface area contributed by atoms with Crippen molar-refractivity contribution in [2.45, 2.75) is 106 Å². The summed E-state index contributed by atoms with van der Waals surface area (Å²) >= 11 is 0. The number of aliphatic hydroxyl groups is 1. The summed E-state index contributed by atoms with van der Waals surface area (Å²) in [5.74, 6) is -3.62. The Labute approximate surface area is 268 Å². The number of likely N-dealkylation sites (N-methyl/N-ethyl adjacent to an activating group) is 2. The van der Waals surface area contributed by atoms with E-state index in [0.717, 1.165) is 0 Å². The Bertz CT molecular complexity index is 609. The van der Waals surface area contributed by atoms with Crippen LogP contribution in [0.2, 0.25) is 0 Å². The fourth-order valence-corrected chi connectivity index (χ4v) is 3.65. The van der Waals surface area contributed by atoms with Gasteiger partial charge in [0.15, 0.2) is 12.8 Å². The second kappa shape index (κ2) is 27.5. The van der Waals surface area contributed by atoms with Gasteiger partial charge in [-0.15, -0.1) is 0 Å². The van der Waals surface area contributed by atoms with Gasteiger partial charge in [0.25, 0.3) is 0 Å². The Balaban J connectivity index is -0.000000117. The van der Waals surface area contributed by atoms with Gasteiger partial charge in [-0.25, -0.2) is 0 Å². The number of nitrogens with two attached hydrogens (primary N) is 1. The van der Waals surface area contributed by atoms with Crippen LogP contribution >= 0.6 is 0 Å². The summed E-state index contributed by atoms with van der Waals surface area (Å²) in [5.41, 5.74) is 4.37. The molecule has 3 unspecified atom stereocenters. The first-order valence-corrected chi connectivity index (χ1v) is 10.5. The molecule has 0 spiro atoms. The van der Waals surface area contributed by atoms with E-state index in [1.165, 1.54) is 0 Å². The molecule has 0 aromatic carbocycles. The van der Waals surface area contributed by atoms with Crippen molar-refractivity contribution in [1.82, 2.24) is 5.32 Å². The Kier molecular flexibility index (Phi) is 46.8. The summed E-state index contributed by atoms with van der Waals surface area (Å²) < 4.78 is 1.02. The second-order valence-electron chi connectivity index (χ2n) is 10.8. The van der Waals surface area contributed by atoms with Crippen molar-refractivity contribution in [3.05, 3.63) is 0 Å². The van der Waals surface area contributed by atoms with Crippen molar-refractivity contribution >= 4 is 17.8 Å². The molecule has 9 nitrogen and oxygen atoms in total. The van der Waals surface area contributed by atoms with Crippen LogP contribution in [0.15, 0.2) is 0 Å². The van der Waals surface area contributed by atoms with Gasteiger partial charge >= 0.3 is 29.6 Å². The van der Waals surface area contributed by atoms with Crippen LogP contribution in [0.3, 0.4) is 0 Å². The minimum Gasteiger partial charge on any atom is -0.550 e. The van der Waals surface area contributed by atoms with E-state index in [1.807, 2.05) is 35.2 Å². The zero-order chi connectivity index (χ0) is 23.9. The number of hydrogen-bond acceptors (Lipinski definition) is 5. The summed E-state index contributed by atoms with van der Waals surface area (Å²) in [5, 5.41) is 24.8. The number of carbonyl (C=O) groups excluding carboxylic acids is 3. The zero-order valence-electron chi connectivity index (χ0n) is 21.0. The molecule has 240 valence electrons. The van der Waals surface area contributed by atoms with Crippen LogP contribution in [-0.4, -0.2) is 93.0 Å². The molecule has 2 amide bonds. The maximum absolute atomic E-state index is 12.8. The maximum Gasteiger partial charge on any atom is 1.00 e. The molecule has 0 aliphatic carbocycles. The number of nitrogens with zero attached hydrogens (tertiary/aromatic N) is 2. The number of primary amides is 1. The monoisotopic (exact) mass is 583 g/mol. The number of carboxylic acid groups (broad SMARTS) is 1. The molecule has 4 N–H and O–H groups in total. The van der Waals surface area contributed by atoms with Crippen molar-refractivity contribution in [2.24, 2.45) is 23.0 Å². The summed E-state index contributed by atoms with van der Waals surface area (Å²) in [6.45, 7) is 6.48. The molecule has 0 rings (SSSR count). The summed E-state index contributed by atoms with van der Waals surface area (Å²) in [6.07, 6.45) is 0.0197. The standard InChI is InChI=1S/C21H42N4O5.8CH4.Na/c1-9-15(18(22)27)10-16(19(28)29)11-21(2,3)20(30)23-14-25(7,8)13-17(26)12-24(4,5)6;;;;;;;;;/h15-17,26H,9-14H2,1-8H3,(H2-2,22,23,27,28,29,30);8*1H4;/q;;;;;;;;;+1/p+1. The average Bonchev–Trinajstić information content (AvgIpc) is 2.53. The number of nitrogens with one attached hydrogen (secondary N) is 1. The van der Waals surface area contributed by atoms with E-state index in [-0.39, 0.29) is 108 Å². The van der Waals surface area contributed by atoms with E-state index >= 15 is 0 Å². The first kappa shape index (κ1) is 66.5. The van der Waals surface area contributed by atoms with Crippen molar-refractivity contribution in [3.63, 3.8) is 0 Å². The average molecular weight is 583 g/mol. The van der Waals surface area contributed by atoms with Gasteiger partial charge in [-0.1, -0.05) is 80.2 Å². The van der Waals surface area contributed by atoms with Gasteiger partial charge in [0, 0.05) is 23.2 Å². The molecule has 3 atom stereocenters. The quantitative estimate of drug-likeness (QED) is 0.160. The van der Waals surface area contributed by atoms with Crippen LogP contribution < -0.4 is 45.7 Å². The minimum absolute atomic E-state index is 0. The smallest absolute Gasteiger partial charge is 0.550 e. The van der Waals surface area contributed by atoms with Crippen LogP contribution in [-0.2, 0) is 14.4 Å². The third kappa shape index (κ3) is 28.6. The van der Waals surface area contributed by atoms with Crippen LogP contribution in [0.25, 0.3) is 0 Å². The Morgan fingerprint density at radius 3 is 1.59 bits per heavy atom. The molecule has 0 heterocycles. The maximum atomic E-state index is 12.8. The number of aliphatic carboxylic acids is 1. The molecule has 0 fully saturated rings. The van der Waals surface area contributed by atoms with Crippen molar-refractivity contribution in [2.75, 3.05) is 55.0 Å². The number of quaternary nitrogens is 2. The third-order valence-corrected chi connectivity index (χ3v) is 5.30. The van der Waals surface area contributed by atoms with Crippen LogP contribution in [0.5, 0.6) is 0 Å². The number of rotatable bonds is 14. The largest absolute Gasteiger partial charge is 1.00 e. The molecule has 0 radical (unpaired) electrons. The number of aliphatic hydroxyl groups excluding tert-OH is 1. The van der Waals surface area contributed by atoms with E-state index in [4.69, 9.17) is 5.73 Å². The molecule has 0 saturated heterocycles. The van der Waals surface area contributed by atoms with E-state index in [1.54, 1.807) is 20.8 Å². The molecule has 0 aliphatic heterocycles. The number of carbonyl (C=O) groups is 3. The predicted molar refractivity (Wildman–Crippen MR) is 167 cm³/mol. The van der Waals surface area contributed by atoms with Gasteiger partial charge in [-0.05, 0) is 19.3 Å². The second-order valence-corrected chi connectivity index (χ2v) is 10.8. The predicted octanol–water partition coefficient (Wildman–Crippen LogP) is 0.980. The zero-order valence-corrected chi connectivity index (χ0v) is 23.0. The van der Waals surface area contributed by atoms with E-state index in [9.17, 15) is 24.6 Å².